The molecule has 0 bridgehead atoms. The van der Waals surface area contributed by atoms with E-state index in [1.165, 1.54) is 16.8 Å². The molecule has 90 valence electrons. The fourth-order valence-electron chi connectivity index (χ4n) is 1.24. The number of nitrogens with zero attached hydrogens (tertiary/aromatic N) is 1. The third-order valence-electron chi connectivity index (χ3n) is 2.17. The van der Waals surface area contributed by atoms with E-state index in [4.69, 9.17) is 7.80 Å². The lowest BCUT2D eigenvalue weighted by Crippen LogP contribution is -2.30. The van der Waals surface area contributed by atoms with Gasteiger partial charge in [0.25, 0.3) is 5.56 Å². The van der Waals surface area contributed by atoms with Gasteiger partial charge in [-0.2, -0.15) is 0 Å². The summed E-state index contributed by atoms with van der Waals surface area (Å²) in [6, 6.07) is 1.32. The van der Waals surface area contributed by atoms with Crippen molar-refractivity contribution >= 4 is 23.0 Å². The van der Waals surface area contributed by atoms with Crippen LogP contribution in [0.15, 0.2) is 21.9 Å². The number of hydrogen-bond donors (Lipinski definition) is 1. The summed E-state index contributed by atoms with van der Waals surface area (Å²) in [5, 5.41) is 0. The highest BCUT2D eigenvalue weighted by molar-refractivity contribution is 14.1. The summed E-state index contributed by atoms with van der Waals surface area (Å²) < 4.78 is 11.5. The first-order valence-electron chi connectivity index (χ1n) is 4.73. The second-order valence-electron chi connectivity index (χ2n) is 3.23. The summed E-state index contributed by atoms with van der Waals surface area (Å²) in [6.07, 6.45) is 2.06. The molecule has 1 N–H and O–H groups in total. The molecule has 7 heteroatoms. The lowest BCUT2D eigenvalue weighted by Gasteiger charge is -2.13. The molecule has 0 amide bonds. The maximum absolute atomic E-state index is 11.3. The summed E-state index contributed by atoms with van der Waals surface area (Å²) in [5.41, 5.74) is -0.794. The van der Waals surface area contributed by atoms with E-state index in [0.717, 1.165) is 0 Å². The van der Waals surface area contributed by atoms with Crippen LogP contribution >= 0.6 is 23.0 Å². The first kappa shape index (κ1) is 13.4. The van der Waals surface area contributed by atoms with Crippen molar-refractivity contribution in [2.24, 2.45) is 0 Å². The van der Waals surface area contributed by atoms with E-state index in [-0.39, 0.29) is 11.7 Å². The number of aromatic amines is 1. The van der Waals surface area contributed by atoms with Crippen LogP contribution < -0.4 is 11.2 Å². The highest BCUT2D eigenvalue weighted by atomic mass is 127. The van der Waals surface area contributed by atoms with E-state index in [1.807, 2.05) is 0 Å². The van der Waals surface area contributed by atoms with E-state index in [0.29, 0.717) is 19.6 Å². The predicted octanol–water partition coefficient (Wildman–Crippen LogP) is 0.308. The highest BCUT2D eigenvalue weighted by Crippen LogP contribution is 2.02. The molecule has 1 heterocycles. The quantitative estimate of drug-likeness (QED) is 0.757. The molecule has 1 aromatic heterocycles. The minimum Gasteiger partial charge on any atom is -0.379 e. The van der Waals surface area contributed by atoms with Crippen LogP contribution in [0.25, 0.3) is 0 Å². The van der Waals surface area contributed by atoms with Gasteiger partial charge in [-0.05, 0) is 6.42 Å². The molecule has 6 nitrogen and oxygen atoms in total. The number of methoxy groups -OCH3 is 1. The second kappa shape index (κ2) is 6.81. The number of H-pyrrole nitrogens is 1. The number of aryl methyl sites for hydroxylation is 1. The van der Waals surface area contributed by atoms with Crippen LogP contribution in [0.1, 0.15) is 6.42 Å². The van der Waals surface area contributed by atoms with Gasteiger partial charge >= 0.3 is 5.69 Å². The Morgan fingerprint density at radius 2 is 2.31 bits per heavy atom. The van der Waals surface area contributed by atoms with Gasteiger partial charge < -0.3 is 12.4 Å². The van der Waals surface area contributed by atoms with Crippen molar-refractivity contribution in [1.82, 2.24) is 9.55 Å². The zero-order chi connectivity index (χ0) is 12.0. The summed E-state index contributed by atoms with van der Waals surface area (Å²) >= 11 is 1.80. The van der Waals surface area contributed by atoms with E-state index >= 15 is 0 Å². The Balaban J connectivity index is 2.60. The number of halogens is 1. The third-order valence-corrected chi connectivity index (χ3v) is 2.53. The molecule has 0 fully saturated rings. The van der Waals surface area contributed by atoms with Crippen molar-refractivity contribution < 1.29 is 7.80 Å². The van der Waals surface area contributed by atoms with Crippen LogP contribution in [0.4, 0.5) is 0 Å². The molecule has 0 saturated carbocycles. The number of hydrogen-bond acceptors (Lipinski definition) is 4. The van der Waals surface area contributed by atoms with Crippen molar-refractivity contribution in [3.63, 3.8) is 0 Å². The van der Waals surface area contributed by atoms with Crippen molar-refractivity contribution in [2.45, 2.75) is 19.1 Å². The monoisotopic (exact) mass is 340 g/mol. The fraction of sp³-hybridized carbons (Fsp3) is 0.556. The van der Waals surface area contributed by atoms with Crippen LogP contribution in [0.2, 0.25) is 0 Å². The standard InChI is InChI=1S/C9H13IN2O4/c1-15-7(6-16-10)2-4-12-5-3-8(13)11-9(12)14/h3,5,7H,2,4,6H2,1H3,(H,11,13,14). The Bertz CT molecular complexity index is 428. The lowest BCUT2D eigenvalue weighted by molar-refractivity contribution is 0.0618. The molecule has 1 rings (SSSR count). The Kier molecular flexibility index (Phi) is 5.71. The summed E-state index contributed by atoms with van der Waals surface area (Å²) in [7, 11) is 1.59. The maximum Gasteiger partial charge on any atom is 0.328 e. The molecule has 16 heavy (non-hydrogen) atoms. The van der Waals surface area contributed by atoms with Gasteiger partial charge in [0.05, 0.1) is 12.7 Å². The summed E-state index contributed by atoms with van der Waals surface area (Å²) in [6.45, 7) is 0.948. The van der Waals surface area contributed by atoms with Gasteiger partial charge in [0, 0.05) is 25.9 Å². The minimum absolute atomic E-state index is 0.0595. The molecule has 1 atom stereocenters. The minimum atomic E-state index is -0.405. The van der Waals surface area contributed by atoms with Crippen LogP contribution in [0.5, 0.6) is 0 Å². The first-order chi connectivity index (χ1) is 7.67. The van der Waals surface area contributed by atoms with Gasteiger partial charge in [-0.15, -0.1) is 0 Å². The van der Waals surface area contributed by atoms with Gasteiger partial charge in [0.15, 0.2) is 0 Å². The molecular formula is C9H13IN2O4. The van der Waals surface area contributed by atoms with Crippen LogP contribution in [-0.2, 0) is 14.3 Å². The normalized spacial score (nSPS) is 12.6. The van der Waals surface area contributed by atoms with E-state index in [1.54, 1.807) is 30.1 Å². The third kappa shape index (κ3) is 4.06. The molecule has 1 aromatic rings. The molecule has 0 aliphatic carbocycles. The smallest absolute Gasteiger partial charge is 0.328 e. The molecule has 0 aromatic carbocycles. The van der Waals surface area contributed by atoms with E-state index < -0.39 is 5.69 Å². The zero-order valence-corrected chi connectivity index (χ0v) is 11.0. The Morgan fingerprint density at radius 3 is 2.88 bits per heavy atom. The first-order valence-corrected chi connectivity index (χ1v) is 5.61. The average Bonchev–Trinajstić information content (AvgIpc) is 2.26. The van der Waals surface area contributed by atoms with Gasteiger partial charge in [-0.1, -0.05) is 0 Å². The van der Waals surface area contributed by atoms with Crippen LogP contribution in [-0.4, -0.2) is 29.4 Å². The van der Waals surface area contributed by atoms with E-state index in [2.05, 4.69) is 4.98 Å². The number of ether oxygens (including phenoxy) is 1. The zero-order valence-electron chi connectivity index (χ0n) is 8.81. The fourth-order valence-corrected chi connectivity index (χ4v) is 1.64. The molecule has 1 unspecified atom stereocenters. The van der Waals surface area contributed by atoms with Gasteiger partial charge in [-0.3, -0.25) is 9.78 Å². The molecule has 0 radical (unpaired) electrons. The molecule has 0 aliphatic heterocycles. The predicted molar refractivity (Wildman–Crippen MR) is 66.7 cm³/mol. The van der Waals surface area contributed by atoms with Crippen LogP contribution in [0, 0.1) is 0 Å². The molecule has 0 aliphatic rings. The summed E-state index contributed by atoms with van der Waals surface area (Å²) in [5.74, 6) is 0. The Labute approximate surface area is 106 Å². The molecule has 0 saturated heterocycles. The van der Waals surface area contributed by atoms with Crippen molar-refractivity contribution in [2.75, 3.05) is 13.7 Å². The highest BCUT2D eigenvalue weighted by Gasteiger charge is 2.07. The summed E-state index contributed by atoms with van der Waals surface area (Å²) in [4.78, 5) is 24.3. The molecular weight excluding hydrogens is 327 g/mol. The Morgan fingerprint density at radius 1 is 1.56 bits per heavy atom. The van der Waals surface area contributed by atoms with Gasteiger partial charge in [0.1, 0.15) is 23.0 Å². The second-order valence-corrected chi connectivity index (χ2v) is 3.85. The van der Waals surface area contributed by atoms with Gasteiger partial charge in [0.2, 0.25) is 0 Å². The van der Waals surface area contributed by atoms with Crippen LogP contribution in [0.3, 0.4) is 0 Å². The van der Waals surface area contributed by atoms with Crippen molar-refractivity contribution in [1.29, 1.82) is 0 Å². The molecule has 0 spiro atoms. The van der Waals surface area contributed by atoms with Crippen molar-refractivity contribution in [3.8, 4) is 0 Å². The number of rotatable bonds is 6. The maximum atomic E-state index is 11.3. The Hall–Kier alpha value is -0.670. The number of aromatic nitrogens is 2. The number of nitrogens with one attached hydrogen (secondary N) is 1. The van der Waals surface area contributed by atoms with Crippen molar-refractivity contribution in [3.05, 3.63) is 33.1 Å². The SMILES string of the molecule is COC(CCn1ccc(=O)[nH]c1=O)COI. The topological polar surface area (TPSA) is 73.3 Å². The van der Waals surface area contributed by atoms with E-state index in [9.17, 15) is 9.59 Å². The lowest BCUT2D eigenvalue weighted by atomic mass is 10.2. The largest absolute Gasteiger partial charge is 0.379 e. The van der Waals surface area contributed by atoms with Gasteiger partial charge in [-0.25, -0.2) is 4.79 Å². The average molecular weight is 340 g/mol.